The van der Waals surface area contributed by atoms with E-state index in [2.05, 4.69) is 73.3 Å². The quantitative estimate of drug-likeness (QED) is 0.549. The van der Waals surface area contributed by atoms with Crippen molar-refractivity contribution < 1.29 is 0 Å². The number of hydrogen-bond acceptors (Lipinski definition) is 2. The van der Waals surface area contributed by atoms with Gasteiger partial charge in [0, 0.05) is 27.9 Å². The fraction of sp³-hybridized carbons (Fsp3) is 0.480. The zero-order chi connectivity index (χ0) is 20.3. The maximum absolute atomic E-state index is 4.54. The first-order valence-electron chi connectivity index (χ1n) is 10.8. The molecule has 2 aromatic heterocycles. The van der Waals surface area contributed by atoms with Gasteiger partial charge in [0.15, 0.2) is 0 Å². The molecule has 0 aliphatic carbocycles. The molecule has 3 nitrogen and oxygen atoms in total. The minimum Gasteiger partial charge on any atom is -0.354 e. The van der Waals surface area contributed by atoms with E-state index in [1.807, 2.05) is 13.8 Å². The molecule has 0 spiro atoms. The highest BCUT2D eigenvalue weighted by Crippen LogP contribution is 2.37. The van der Waals surface area contributed by atoms with Crippen molar-refractivity contribution in [1.29, 1.82) is 0 Å². The van der Waals surface area contributed by atoms with Gasteiger partial charge in [0.2, 0.25) is 0 Å². The number of H-pyrrole nitrogens is 1. The molecule has 0 unspecified atom stereocenters. The van der Waals surface area contributed by atoms with Crippen LogP contribution in [0.1, 0.15) is 74.9 Å². The van der Waals surface area contributed by atoms with Crippen LogP contribution in [0.15, 0.2) is 30.3 Å². The molecular weight excluding hydrogens is 342 g/mol. The Morgan fingerprint density at radius 2 is 1.61 bits per heavy atom. The largest absolute Gasteiger partial charge is 0.354 e. The van der Waals surface area contributed by atoms with Crippen molar-refractivity contribution in [3.63, 3.8) is 0 Å². The van der Waals surface area contributed by atoms with Crippen LogP contribution in [0.3, 0.4) is 0 Å². The van der Waals surface area contributed by atoms with Crippen molar-refractivity contribution in [2.24, 2.45) is 0 Å². The third-order valence-corrected chi connectivity index (χ3v) is 5.62. The van der Waals surface area contributed by atoms with E-state index in [4.69, 9.17) is 0 Å². The van der Waals surface area contributed by atoms with Crippen LogP contribution < -0.4 is 5.32 Å². The molecule has 3 heteroatoms. The highest BCUT2D eigenvalue weighted by Gasteiger charge is 2.20. The molecule has 0 atom stereocenters. The lowest BCUT2D eigenvalue weighted by atomic mass is 9.89. The predicted molar refractivity (Wildman–Crippen MR) is 121 cm³/mol. The van der Waals surface area contributed by atoms with Gasteiger partial charge in [-0.15, -0.1) is 0 Å². The van der Waals surface area contributed by atoms with Crippen molar-refractivity contribution in [2.75, 3.05) is 13.1 Å². The molecule has 3 aromatic rings. The first-order chi connectivity index (χ1) is 13.5. The van der Waals surface area contributed by atoms with Crippen LogP contribution in [-0.4, -0.2) is 23.1 Å². The first kappa shape index (κ1) is 20.6. The Morgan fingerprint density at radius 3 is 2.21 bits per heavy atom. The lowest BCUT2D eigenvalue weighted by Gasteiger charge is -2.23. The van der Waals surface area contributed by atoms with Crippen LogP contribution in [0, 0.1) is 13.8 Å². The second kappa shape index (κ2) is 8.91. The highest BCUT2D eigenvalue weighted by molar-refractivity contribution is 5.92. The van der Waals surface area contributed by atoms with Gasteiger partial charge in [-0.05, 0) is 80.9 Å². The molecule has 2 N–H and O–H groups in total. The summed E-state index contributed by atoms with van der Waals surface area (Å²) in [6.45, 7) is 15.0. The lowest BCUT2D eigenvalue weighted by Crippen LogP contribution is -2.26. The van der Waals surface area contributed by atoms with E-state index in [0.29, 0.717) is 11.8 Å². The summed E-state index contributed by atoms with van der Waals surface area (Å²) in [4.78, 5) is 8.30. The van der Waals surface area contributed by atoms with Crippen molar-refractivity contribution in [2.45, 2.75) is 66.2 Å². The summed E-state index contributed by atoms with van der Waals surface area (Å²) in [7, 11) is 0. The topological polar surface area (TPSA) is 40.7 Å². The Kier molecular flexibility index (Phi) is 6.56. The number of aryl methyl sites for hydroxylation is 2. The minimum atomic E-state index is 0.470. The highest BCUT2D eigenvalue weighted by atomic mass is 14.9. The molecule has 1 fully saturated rings. The smallest absolute Gasteiger partial charge is 0.0501 e. The zero-order valence-electron chi connectivity index (χ0n) is 18.3. The number of benzene rings is 1. The summed E-state index contributed by atoms with van der Waals surface area (Å²) in [5.74, 6) is 1.15. The molecule has 0 amide bonds. The predicted octanol–water partition coefficient (Wildman–Crippen LogP) is 6.46. The molecule has 1 saturated heterocycles. The van der Waals surface area contributed by atoms with Crippen LogP contribution in [0.25, 0.3) is 22.2 Å². The molecule has 150 valence electrons. The number of piperidine rings is 1. The Bertz CT molecular complexity index is 910. The van der Waals surface area contributed by atoms with E-state index >= 15 is 0 Å². The molecule has 4 rings (SSSR count). The lowest BCUT2D eigenvalue weighted by molar-refractivity contribution is 0.460. The van der Waals surface area contributed by atoms with Crippen LogP contribution in [0.2, 0.25) is 0 Å². The summed E-state index contributed by atoms with van der Waals surface area (Å²) in [6.07, 6.45) is 2.47. The number of fused-ring (bicyclic) bond motifs is 1. The molecule has 3 heterocycles. The summed E-state index contributed by atoms with van der Waals surface area (Å²) in [5, 5.41) is 4.83. The van der Waals surface area contributed by atoms with E-state index in [0.717, 1.165) is 24.5 Å². The number of nitrogens with zero attached hydrogens (tertiary/aromatic N) is 1. The Hall–Kier alpha value is -2.13. The number of aromatic nitrogens is 2. The van der Waals surface area contributed by atoms with Crippen molar-refractivity contribution in [3.05, 3.63) is 52.8 Å². The van der Waals surface area contributed by atoms with Crippen LogP contribution in [0.4, 0.5) is 0 Å². The SMILES string of the molecule is CC.Cc1cc(-c2[nH]c3cc(C4CCNCC4)ccc3c2C(C)C)cc(C)n1. The third kappa shape index (κ3) is 4.15. The minimum absolute atomic E-state index is 0.470. The molecule has 1 aromatic carbocycles. The summed E-state index contributed by atoms with van der Waals surface area (Å²) >= 11 is 0. The van der Waals surface area contributed by atoms with Gasteiger partial charge in [-0.25, -0.2) is 0 Å². The first-order valence-corrected chi connectivity index (χ1v) is 10.8. The van der Waals surface area contributed by atoms with Crippen molar-refractivity contribution >= 4 is 10.9 Å². The van der Waals surface area contributed by atoms with Crippen LogP contribution >= 0.6 is 0 Å². The number of pyridine rings is 1. The molecule has 0 saturated carbocycles. The maximum Gasteiger partial charge on any atom is 0.0501 e. The van der Waals surface area contributed by atoms with Crippen molar-refractivity contribution in [1.82, 2.24) is 15.3 Å². The molecule has 1 aliphatic heterocycles. The van der Waals surface area contributed by atoms with E-state index in [1.54, 1.807) is 0 Å². The average molecular weight is 378 g/mol. The van der Waals surface area contributed by atoms with Gasteiger partial charge >= 0.3 is 0 Å². The fourth-order valence-electron chi connectivity index (χ4n) is 4.45. The Labute approximate surface area is 170 Å². The van der Waals surface area contributed by atoms with Gasteiger partial charge < -0.3 is 10.3 Å². The average Bonchev–Trinajstić information content (AvgIpc) is 3.08. The molecular formula is C25H35N3. The number of nitrogens with one attached hydrogen (secondary N) is 2. The maximum atomic E-state index is 4.54. The summed E-state index contributed by atoms with van der Waals surface area (Å²) in [5.41, 5.74) is 8.81. The molecule has 28 heavy (non-hydrogen) atoms. The van der Waals surface area contributed by atoms with Gasteiger partial charge in [0.25, 0.3) is 0 Å². The third-order valence-electron chi connectivity index (χ3n) is 5.62. The fourth-order valence-corrected chi connectivity index (χ4v) is 4.45. The zero-order valence-corrected chi connectivity index (χ0v) is 18.3. The molecule has 1 aliphatic rings. The molecule has 0 radical (unpaired) electrons. The summed E-state index contributed by atoms with van der Waals surface area (Å²) in [6, 6.07) is 11.5. The van der Waals surface area contributed by atoms with Gasteiger partial charge in [0.1, 0.15) is 0 Å². The van der Waals surface area contributed by atoms with Gasteiger partial charge in [0.05, 0.1) is 5.69 Å². The summed E-state index contributed by atoms with van der Waals surface area (Å²) < 4.78 is 0. The standard InChI is InChI=1S/C23H29N3.C2H6/c1-14(2)22-20-6-5-18(17-7-9-24-10-8-17)13-21(20)26-23(22)19-11-15(3)25-16(4)12-19;1-2/h5-6,11-14,17,24,26H,7-10H2,1-4H3;1-2H3. The Morgan fingerprint density at radius 1 is 0.964 bits per heavy atom. The van der Waals surface area contributed by atoms with Crippen LogP contribution in [-0.2, 0) is 0 Å². The number of hydrogen-bond donors (Lipinski definition) is 2. The second-order valence-electron chi connectivity index (χ2n) is 8.04. The van der Waals surface area contributed by atoms with Crippen molar-refractivity contribution in [3.8, 4) is 11.3 Å². The number of aromatic amines is 1. The van der Waals surface area contributed by atoms with Gasteiger partial charge in [-0.3, -0.25) is 4.98 Å². The van der Waals surface area contributed by atoms with E-state index in [-0.39, 0.29) is 0 Å². The molecule has 0 bridgehead atoms. The number of rotatable bonds is 3. The van der Waals surface area contributed by atoms with Crippen LogP contribution in [0.5, 0.6) is 0 Å². The van der Waals surface area contributed by atoms with E-state index in [1.165, 1.54) is 46.1 Å². The normalized spacial score (nSPS) is 15.0. The van der Waals surface area contributed by atoms with E-state index < -0.39 is 0 Å². The second-order valence-corrected chi connectivity index (χ2v) is 8.04. The van der Waals surface area contributed by atoms with Gasteiger partial charge in [-0.2, -0.15) is 0 Å². The Balaban J connectivity index is 0.00000109. The monoisotopic (exact) mass is 377 g/mol. The van der Waals surface area contributed by atoms with Gasteiger partial charge in [-0.1, -0.05) is 39.8 Å². The van der Waals surface area contributed by atoms with E-state index in [9.17, 15) is 0 Å².